The van der Waals surface area contributed by atoms with Crippen LogP contribution >= 0.6 is 23.2 Å². The van der Waals surface area contributed by atoms with Crippen LogP contribution in [0, 0.1) is 0 Å². The summed E-state index contributed by atoms with van der Waals surface area (Å²) in [6.07, 6.45) is 1.82. The number of aromatic nitrogens is 2. The zero-order valence-corrected chi connectivity index (χ0v) is 17.3. The third-order valence-electron chi connectivity index (χ3n) is 5.46. The van der Waals surface area contributed by atoms with Gasteiger partial charge in [0.1, 0.15) is 5.69 Å². The van der Waals surface area contributed by atoms with Gasteiger partial charge in [-0.05, 0) is 25.0 Å². The molecule has 4 rings (SSSR count). The number of carbonyl (C=O) groups is 2. The van der Waals surface area contributed by atoms with Crippen LogP contribution in [-0.2, 0) is 17.8 Å². The van der Waals surface area contributed by atoms with Crippen molar-refractivity contribution in [2.45, 2.75) is 38.1 Å². The maximum absolute atomic E-state index is 12.6. The molecule has 10 heteroatoms. The summed E-state index contributed by atoms with van der Waals surface area (Å²) >= 11 is 12.1. The molecule has 8 nitrogen and oxygen atoms in total. The van der Waals surface area contributed by atoms with Crippen LogP contribution in [0.5, 0.6) is 0 Å². The number of amides is 3. The van der Waals surface area contributed by atoms with Crippen LogP contribution < -0.4 is 11.1 Å². The number of hydrogen-bond acceptors (Lipinski definition) is 4. The number of primary amides is 1. The first-order chi connectivity index (χ1) is 13.9. The molecule has 0 unspecified atom stereocenters. The van der Waals surface area contributed by atoms with Crippen LogP contribution in [0.25, 0.3) is 11.3 Å². The van der Waals surface area contributed by atoms with E-state index in [0.29, 0.717) is 45.6 Å². The summed E-state index contributed by atoms with van der Waals surface area (Å²) in [6, 6.07) is 4.99. The number of nitrogens with two attached hydrogens (primary N) is 1. The van der Waals surface area contributed by atoms with Crippen molar-refractivity contribution in [3.05, 3.63) is 39.5 Å². The van der Waals surface area contributed by atoms with E-state index in [-0.39, 0.29) is 24.7 Å². The molecule has 0 spiro atoms. The fourth-order valence-electron chi connectivity index (χ4n) is 3.74. The second kappa shape index (κ2) is 7.85. The highest BCUT2D eigenvalue weighted by Crippen LogP contribution is 2.32. The van der Waals surface area contributed by atoms with Crippen molar-refractivity contribution in [1.82, 2.24) is 20.0 Å². The van der Waals surface area contributed by atoms with E-state index in [1.807, 2.05) is 0 Å². The molecule has 2 aliphatic rings. The Kier molecular flexibility index (Phi) is 5.42. The van der Waals surface area contributed by atoms with E-state index in [1.54, 1.807) is 34.9 Å². The van der Waals surface area contributed by atoms with Crippen molar-refractivity contribution >= 4 is 35.1 Å². The average molecular weight is 438 g/mol. The molecule has 0 atom stereocenters. The Morgan fingerprint density at radius 2 is 2.00 bits per heavy atom. The summed E-state index contributed by atoms with van der Waals surface area (Å²) in [5, 5.41) is 8.34. The molecule has 2 heterocycles. The Balaban J connectivity index is 1.57. The van der Waals surface area contributed by atoms with Gasteiger partial charge < -0.3 is 20.7 Å². The van der Waals surface area contributed by atoms with Gasteiger partial charge in [-0.15, -0.1) is 0 Å². The van der Waals surface area contributed by atoms with Crippen LogP contribution in [0.4, 0.5) is 4.79 Å². The summed E-state index contributed by atoms with van der Waals surface area (Å²) in [5.41, 5.74) is 7.66. The van der Waals surface area contributed by atoms with Crippen molar-refractivity contribution in [2.75, 3.05) is 13.7 Å². The van der Waals surface area contributed by atoms with E-state index >= 15 is 0 Å². The molecule has 0 bridgehead atoms. The third-order valence-corrected chi connectivity index (χ3v) is 6.20. The average Bonchev–Trinajstić information content (AvgIpc) is 3.05. The Labute approximate surface area is 177 Å². The molecule has 29 heavy (non-hydrogen) atoms. The Morgan fingerprint density at radius 3 is 2.66 bits per heavy atom. The Hall–Kier alpha value is -2.29. The maximum atomic E-state index is 12.6. The molecule has 1 fully saturated rings. The second-order valence-electron chi connectivity index (χ2n) is 7.28. The highest BCUT2D eigenvalue weighted by Gasteiger charge is 2.34. The number of rotatable bonds is 4. The minimum atomic E-state index is -0.600. The lowest BCUT2D eigenvalue weighted by Gasteiger charge is -2.37. The molecule has 3 N–H and O–H groups in total. The number of nitrogens with one attached hydrogen (secondary N) is 1. The van der Waals surface area contributed by atoms with Crippen LogP contribution in [0.2, 0.25) is 10.0 Å². The van der Waals surface area contributed by atoms with Gasteiger partial charge in [-0.2, -0.15) is 5.10 Å². The van der Waals surface area contributed by atoms with Gasteiger partial charge in [0.15, 0.2) is 0 Å². The molecule has 1 aliphatic carbocycles. The Bertz CT molecular complexity index is 971. The van der Waals surface area contributed by atoms with E-state index in [1.165, 1.54) is 0 Å². The first kappa shape index (κ1) is 20.0. The second-order valence-corrected chi connectivity index (χ2v) is 8.10. The first-order valence-corrected chi connectivity index (χ1v) is 10.1. The predicted octanol–water partition coefficient (Wildman–Crippen LogP) is 2.66. The molecular weight excluding hydrogens is 417 g/mol. The molecule has 0 saturated heterocycles. The summed E-state index contributed by atoms with van der Waals surface area (Å²) < 4.78 is 6.98. The number of halogens is 2. The van der Waals surface area contributed by atoms with Crippen LogP contribution in [-0.4, -0.2) is 52.4 Å². The number of benzene rings is 1. The number of fused-ring (bicyclic) bond motifs is 1. The molecule has 1 aliphatic heterocycles. The summed E-state index contributed by atoms with van der Waals surface area (Å²) in [4.78, 5) is 26.5. The van der Waals surface area contributed by atoms with Gasteiger partial charge in [0.2, 0.25) is 0 Å². The fourth-order valence-corrected chi connectivity index (χ4v) is 4.04. The summed E-state index contributed by atoms with van der Waals surface area (Å²) in [6.45, 7) is 1.20. The molecule has 0 radical (unpaired) electrons. The first-order valence-electron chi connectivity index (χ1n) is 9.30. The minimum Gasteiger partial charge on any atom is -0.381 e. The number of hydrogen-bond donors (Lipinski definition) is 2. The lowest BCUT2D eigenvalue weighted by Crippen LogP contribution is -2.53. The number of nitrogens with zero attached hydrogens (tertiary/aromatic N) is 3. The van der Waals surface area contributed by atoms with E-state index in [0.717, 1.165) is 12.8 Å². The topological polar surface area (TPSA) is 102 Å². The van der Waals surface area contributed by atoms with Crippen molar-refractivity contribution in [3.8, 4) is 11.3 Å². The quantitative estimate of drug-likeness (QED) is 0.766. The van der Waals surface area contributed by atoms with Gasteiger partial charge >= 0.3 is 6.03 Å². The standard InChI is InChI=1S/C19H21Cl2N5O3/c1-29-12-7-11(8-12)23-19(28)25-4-5-26-15(9-25)16(18(22)27)17(24-26)10-2-3-13(20)14(21)6-10/h2-3,6,11-12H,4-5,7-9H2,1H3,(H2,22,27)(H,23,28)/t11-,12-. The van der Waals surface area contributed by atoms with Crippen molar-refractivity contribution < 1.29 is 14.3 Å². The molecule has 1 aromatic carbocycles. The number of methoxy groups -OCH3 is 1. The van der Waals surface area contributed by atoms with Crippen LogP contribution in [0.15, 0.2) is 18.2 Å². The number of ether oxygens (including phenoxy) is 1. The Morgan fingerprint density at radius 1 is 1.24 bits per heavy atom. The van der Waals surface area contributed by atoms with E-state index < -0.39 is 5.91 Å². The zero-order chi connectivity index (χ0) is 20.7. The molecule has 1 aromatic heterocycles. The number of urea groups is 1. The highest BCUT2D eigenvalue weighted by atomic mass is 35.5. The zero-order valence-electron chi connectivity index (χ0n) is 15.8. The van der Waals surface area contributed by atoms with Crippen LogP contribution in [0.3, 0.4) is 0 Å². The molecule has 3 amide bonds. The smallest absolute Gasteiger partial charge is 0.318 e. The van der Waals surface area contributed by atoms with Gasteiger partial charge in [0.25, 0.3) is 5.91 Å². The molecule has 154 valence electrons. The van der Waals surface area contributed by atoms with Gasteiger partial charge in [0, 0.05) is 25.3 Å². The van der Waals surface area contributed by atoms with Gasteiger partial charge in [0.05, 0.1) is 40.5 Å². The van der Waals surface area contributed by atoms with Gasteiger partial charge in [-0.3, -0.25) is 9.48 Å². The summed E-state index contributed by atoms with van der Waals surface area (Å²) in [7, 11) is 1.67. The normalized spacial score (nSPS) is 20.7. The van der Waals surface area contributed by atoms with Gasteiger partial charge in [-0.25, -0.2) is 4.79 Å². The van der Waals surface area contributed by atoms with Gasteiger partial charge in [-0.1, -0.05) is 29.3 Å². The SMILES string of the molecule is CO[C@H]1C[C@H](NC(=O)N2CCn3nc(-c4ccc(Cl)c(Cl)c4)c(C(N)=O)c3C2)C1. The van der Waals surface area contributed by atoms with E-state index in [9.17, 15) is 9.59 Å². The third kappa shape index (κ3) is 3.80. The predicted molar refractivity (Wildman–Crippen MR) is 109 cm³/mol. The molecule has 2 aromatic rings. The monoisotopic (exact) mass is 437 g/mol. The largest absolute Gasteiger partial charge is 0.381 e. The number of carbonyl (C=O) groups excluding carboxylic acids is 2. The highest BCUT2D eigenvalue weighted by molar-refractivity contribution is 6.42. The lowest BCUT2D eigenvalue weighted by atomic mass is 9.89. The lowest BCUT2D eigenvalue weighted by molar-refractivity contribution is 0.0187. The van der Waals surface area contributed by atoms with Crippen LogP contribution in [0.1, 0.15) is 28.9 Å². The molecular formula is C19H21Cl2N5O3. The minimum absolute atomic E-state index is 0.113. The van der Waals surface area contributed by atoms with Crippen molar-refractivity contribution in [1.29, 1.82) is 0 Å². The van der Waals surface area contributed by atoms with Crippen molar-refractivity contribution in [3.63, 3.8) is 0 Å². The fraction of sp³-hybridized carbons (Fsp3) is 0.421. The maximum Gasteiger partial charge on any atom is 0.318 e. The van der Waals surface area contributed by atoms with E-state index in [2.05, 4.69) is 10.4 Å². The van der Waals surface area contributed by atoms with Crippen molar-refractivity contribution in [2.24, 2.45) is 5.73 Å². The molecule has 1 saturated carbocycles. The summed E-state index contributed by atoms with van der Waals surface area (Å²) in [5.74, 6) is -0.600. The van der Waals surface area contributed by atoms with E-state index in [4.69, 9.17) is 33.7 Å².